The van der Waals surface area contributed by atoms with Crippen molar-refractivity contribution in [2.24, 2.45) is 9.63 Å². The van der Waals surface area contributed by atoms with Crippen LogP contribution >= 0.6 is 0 Å². The topological polar surface area (TPSA) is 96.2 Å². The van der Waals surface area contributed by atoms with Gasteiger partial charge in [0.25, 0.3) is 10.0 Å². The van der Waals surface area contributed by atoms with E-state index in [0.29, 0.717) is 5.56 Å². The van der Waals surface area contributed by atoms with Crippen molar-refractivity contribution in [3.05, 3.63) is 65.2 Å². The van der Waals surface area contributed by atoms with Gasteiger partial charge in [0.2, 0.25) is 0 Å². The summed E-state index contributed by atoms with van der Waals surface area (Å²) in [6, 6.07) is 11.9. The molecule has 0 saturated heterocycles. The third-order valence-corrected chi connectivity index (χ3v) is 4.46. The Morgan fingerprint density at radius 1 is 1.04 bits per heavy atom. The minimum atomic E-state index is -3.84. The van der Waals surface area contributed by atoms with E-state index in [0.717, 1.165) is 5.56 Å². The lowest BCUT2D eigenvalue weighted by atomic mass is 10.1. The summed E-state index contributed by atoms with van der Waals surface area (Å²) in [6.07, 6.45) is 0. The summed E-state index contributed by atoms with van der Waals surface area (Å²) in [5.74, 6) is -1.02. The second kappa shape index (κ2) is 6.70. The Balaban J connectivity index is 2.18. The Bertz CT molecular complexity index is 825. The number of aromatic carboxylic acids is 1. The quantitative estimate of drug-likeness (QED) is 0.846. The largest absolute Gasteiger partial charge is 0.478 e. The molecule has 0 aliphatic carbocycles. The molecule has 0 aromatic heterocycles. The number of sulfonamides is 1. The van der Waals surface area contributed by atoms with Gasteiger partial charge in [-0.05, 0) is 43.7 Å². The monoisotopic (exact) mass is 332 g/mol. The number of carbonyl (C=O) groups is 1. The van der Waals surface area contributed by atoms with Gasteiger partial charge in [0.05, 0.1) is 16.5 Å². The van der Waals surface area contributed by atoms with Crippen LogP contribution in [0.4, 0.5) is 0 Å². The highest BCUT2D eigenvalue weighted by Gasteiger charge is 2.14. The molecular weight excluding hydrogens is 316 g/mol. The van der Waals surface area contributed by atoms with Crippen molar-refractivity contribution >= 4 is 16.0 Å². The summed E-state index contributed by atoms with van der Waals surface area (Å²) in [5.41, 5.74) is 1.79. The second-order valence-electron chi connectivity index (χ2n) is 5.09. The molecular formula is C16H16N2O4S. The highest BCUT2D eigenvalue weighted by molar-refractivity contribution is 7.90. The van der Waals surface area contributed by atoms with Gasteiger partial charge in [-0.1, -0.05) is 34.3 Å². The Hall–Kier alpha value is -2.54. The summed E-state index contributed by atoms with van der Waals surface area (Å²) in [7, 11) is -3.84. The van der Waals surface area contributed by atoms with Gasteiger partial charge in [0, 0.05) is 0 Å². The molecule has 1 N–H and O–H groups in total. The Kier molecular flexibility index (Phi) is 4.90. The molecule has 7 heteroatoms. The van der Waals surface area contributed by atoms with Crippen molar-refractivity contribution < 1.29 is 18.3 Å². The maximum atomic E-state index is 12.1. The van der Waals surface area contributed by atoms with Crippen LogP contribution in [-0.4, -0.2) is 19.5 Å². The van der Waals surface area contributed by atoms with Crippen molar-refractivity contribution in [2.45, 2.75) is 24.8 Å². The van der Waals surface area contributed by atoms with Gasteiger partial charge in [0.15, 0.2) is 0 Å². The summed E-state index contributed by atoms with van der Waals surface area (Å²) in [6.45, 7) is 3.55. The standard InChI is InChI=1S/C16H16N2O4S/c1-11-3-9-15(10-4-11)23(21,22)18-17-12(2)13-5-7-14(8-6-13)16(19)20/h3-10,12H,1-2H3,(H,19,20). The minimum absolute atomic E-state index is 0.0836. The molecule has 2 aromatic rings. The first kappa shape index (κ1) is 16.8. The lowest BCUT2D eigenvalue weighted by Gasteiger charge is -2.06. The summed E-state index contributed by atoms with van der Waals surface area (Å²) in [4.78, 5) is 10.9. The molecule has 1 unspecified atom stereocenters. The summed E-state index contributed by atoms with van der Waals surface area (Å²) < 4.78 is 27.6. The first-order valence-electron chi connectivity index (χ1n) is 6.86. The fourth-order valence-electron chi connectivity index (χ4n) is 1.86. The van der Waals surface area contributed by atoms with E-state index in [9.17, 15) is 13.2 Å². The van der Waals surface area contributed by atoms with E-state index in [1.54, 1.807) is 31.2 Å². The minimum Gasteiger partial charge on any atom is -0.478 e. The van der Waals surface area contributed by atoms with Crippen molar-refractivity contribution in [3.63, 3.8) is 0 Å². The molecule has 2 rings (SSSR count). The third kappa shape index (κ3) is 4.23. The van der Waals surface area contributed by atoms with Gasteiger partial charge in [-0.25, -0.2) is 4.79 Å². The van der Waals surface area contributed by atoms with E-state index < -0.39 is 22.0 Å². The van der Waals surface area contributed by atoms with Crippen molar-refractivity contribution in [3.8, 4) is 0 Å². The van der Waals surface area contributed by atoms with Gasteiger partial charge < -0.3 is 5.11 Å². The van der Waals surface area contributed by atoms with Crippen LogP contribution in [0.3, 0.4) is 0 Å². The lowest BCUT2D eigenvalue weighted by Crippen LogP contribution is -1.99. The number of rotatable bonds is 5. The van der Waals surface area contributed by atoms with E-state index in [1.807, 2.05) is 6.92 Å². The average molecular weight is 332 g/mol. The molecule has 6 nitrogen and oxygen atoms in total. The third-order valence-electron chi connectivity index (χ3n) is 3.29. The average Bonchev–Trinajstić information content (AvgIpc) is 2.53. The summed E-state index contributed by atoms with van der Waals surface area (Å²) >= 11 is 0. The highest BCUT2D eigenvalue weighted by atomic mass is 32.2. The molecule has 0 bridgehead atoms. The molecule has 23 heavy (non-hydrogen) atoms. The molecule has 0 heterocycles. The van der Waals surface area contributed by atoms with Crippen molar-refractivity contribution in [2.75, 3.05) is 0 Å². The number of carboxylic acids is 1. The van der Waals surface area contributed by atoms with Crippen LogP contribution in [0.5, 0.6) is 0 Å². The van der Waals surface area contributed by atoms with Crippen molar-refractivity contribution in [1.82, 2.24) is 0 Å². The second-order valence-corrected chi connectivity index (χ2v) is 6.67. The van der Waals surface area contributed by atoms with Crippen molar-refractivity contribution in [1.29, 1.82) is 0 Å². The van der Waals surface area contributed by atoms with E-state index in [4.69, 9.17) is 5.11 Å². The number of nitrogens with zero attached hydrogens (tertiary/aromatic N) is 2. The smallest absolute Gasteiger partial charge is 0.335 e. The molecule has 120 valence electrons. The molecule has 0 saturated carbocycles. The normalized spacial score (nSPS) is 13.1. The molecule has 2 aromatic carbocycles. The molecule has 0 radical (unpaired) electrons. The molecule has 0 spiro atoms. The van der Waals surface area contributed by atoms with E-state index in [1.165, 1.54) is 24.3 Å². The zero-order chi connectivity index (χ0) is 17.0. The summed E-state index contributed by atoms with van der Waals surface area (Å²) in [5, 5.41) is 12.7. The van der Waals surface area contributed by atoms with Gasteiger partial charge >= 0.3 is 5.97 Å². The zero-order valence-electron chi connectivity index (χ0n) is 12.7. The number of hydrogen-bond acceptors (Lipinski definition) is 4. The van der Waals surface area contributed by atoms with Gasteiger partial charge in [-0.2, -0.15) is 13.5 Å². The van der Waals surface area contributed by atoms with Gasteiger partial charge in [-0.15, -0.1) is 0 Å². The highest BCUT2D eigenvalue weighted by Crippen LogP contribution is 2.20. The zero-order valence-corrected chi connectivity index (χ0v) is 13.5. The number of carboxylic acid groups (broad SMARTS) is 1. The van der Waals surface area contributed by atoms with Crippen LogP contribution in [0.25, 0.3) is 0 Å². The number of hydrogen-bond donors (Lipinski definition) is 1. The molecule has 0 aliphatic rings. The van der Waals surface area contributed by atoms with E-state index in [-0.39, 0.29) is 10.5 Å². The Morgan fingerprint density at radius 2 is 1.61 bits per heavy atom. The van der Waals surface area contributed by atoms with E-state index >= 15 is 0 Å². The number of benzene rings is 2. The fourth-order valence-corrected chi connectivity index (χ4v) is 2.70. The van der Waals surface area contributed by atoms with Gasteiger partial charge in [-0.3, -0.25) is 0 Å². The van der Waals surface area contributed by atoms with Crippen LogP contribution in [0.1, 0.15) is 34.5 Å². The SMILES string of the molecule is Cc1ccc(S(=O)(=O)N=NC(C)c2ccc(C(=O)O)cc2)cc1. The Labute approximate surface area is 134 Å². The van der Waals surface area contributed by atoms with Crippen LogP contribution in [0, 0.1) is 6.92 Å². The molecule has 0 fully saturated rings. The molecule has 1 atom stereocenters. The maximum Gasteiger partial charge on any atom is 0.335 e. The van der Waals surface area contributed by atoms with Gasteiger partial charge in [0.1, 0.15) is 0 Å². The lowest BCUT2D eigenvalue weighted by molar-refractivity contribution is 0.0697. The Morgan fingerprint density at radius 3 is 2.13 bits per heavy atom. The van der Waals surface area contributed by atoms with E-state index in [2.05, 4.69) is 9.63 Å². The van der Waals surface area contributed by atoms with Crippen LogP contribution in [0.2, 0.25) is 0 Å². The number of aryl methyl sites for hydroxylation is 1. The van der Waals surface area contributed by atoms with Crippen LogP contribution in [0.15, 0.2) is 63.1 Å². The molecule has 0 aliphatic heterocycles. The van der Waals surface area contributed by atoms with Crippen LogP contribution in [-0.2, 0) is 10.0 Å². The fraction of sp³-hybridized carbons (Fsp3) is 0.188. The molecule has 0 amide bonds. The first-order chi connectivity index (χ1) is 10.8. The van der Waals surface area contributed by atoms with Crippen LogP contribution < -0.4 is 0 Å². The predicted octanol–water partition coefficient (Wildman–Crippen LogP) is 3.60. The maximum absolute atomic E-state index is 12.1. The first-order valence-corrected chi connectivity index (χ1v) is 8.30. The predicted molar refractivity (Wildman–Crippen MR) is 85.0 cm³/mol.